The van der Waals surface area contributed by atoms with Crippen molar-refractivity contribution < 1.29 is 19.4 Å². The Hall–Kier alpha value is -1.71. The van der Waals surface area contributed by atoms with Crippen LogP contribution in [0.15, 0.2) is 12.1 Å². The van der Waals surface area contributed by atoms with Crippen LogP contribution in [0.3, 0.4) is 0 Å². The number of carboxylic acid groups (broad SMARTS) is 1. The first-order valence-electron chi connectivity index (χ1n) is 5.19. The standard InChI is InChI=1S/C12H14O4/c1-7-5-11-8(6-10(7)15-2)3-4-9(16-11)12(13)14/h5-6,9H,3-4H2,1-2H3,(H,13,14)/t9-/m1/s1. The second-order valence-corrected chi connectivity index (χ2v) is 3.91. The molecular formula is C12H14O4. The first-order chi connectivity index (χ1) is 7.61. The normalized spacial score (nSPS) is 18.5. The van der Waals surface area contributed by atoms with E-state index in [0.717, 1.165) is 16.9 Å². The second kappa shape index (κ2) is 4.04. The highest BCUT2D eigenvalue weighted by molar-refractivity contribution is 5.73. The number of carbonyl (C=O) groups is 1. The number of hydrogen-bond acceptors (Lipinski definition) is 3. The molecule has 0 saturated heterocycles. The van der Waals surface area contributed by atoms with Gasteiger partial charge < -0.3 is 14.6 Å². The number of benzene rings is 1. The molecule has 4 nitrogen and oxygen atoms in total. The molecule has 1 heterocycles. The molecule has 2 rings (SSSR count). The maximum Gasteiger partial charge on any atom is 0.344 e. The molecule has 0 saturated carbocycles. The van der Waals surface area contributed by atoms with E-state index in [2.05, 4.69) is 0 Å². The Bertz CT molecular complexity index is 425. The molecule has 0 aromatic heterocycles. The highest BCUT2D eigenvalue weighted by Gasteiger charge is 2.26. The monoisotopic (exact) mass is 222 g/mol. The highest BCUT2D eigenvalue weighted by atomic mass is 16.5. The summed E-state index contributed by atoms with van der Waals surface area (Å²) in [5.41, 5.74) is 1.97. The maximum absolute atomic E-state index is 10.8. The van der Waals surface area contributed by atoms with Gasteiger partial charge in [0.15, 0.2) is 6.10 Å². The Kier molecular flexibility index (Phi) is 2.73. The molecule has 0 unspecified atom stereocenters. The lowest BCUT2D eigenvalue weighted by molar-refractivity contribution is -0.145. The number of aliphatic carboxylic acids is 1. The molecule has 0 spiro atoms. The predicted molar refractivity (Wildman–Crippen MR) is 58.1 cm³/mol. The summed E-state index contributed by atoms with van der Waals surface area (Å²) in [5.74, 6) is 0.576. The summed E-state index contributed by atoms with van der Waals surface area (Å²) in [6, 6.07) is 3.76. The van der Waals surface area contributed by atoms with Gasteiger partial charge in [-0.25, -0.2) is 4.79 Å². The first kappa shape index (κ1) is 10.8. The van der Waals surface area contributed by atoms with Crippen molar-refractivity contribution in [2.24, 2.45) is 0 Å². The molecule has 0 aliphatic carbocycles. The Labute approximate surface area is 93.8 Å². The van der Waals surface area contributed by atoms with Gasteiger partial charge in [0.25, 0.3) is 0 Å². The smallest absolute Gasteiger partial charge is 0.344 e. The average Bonchev–Trinajstić information content (AvgIpc) is 2.27. The van der Waals surface area contributed by atoms with E-state index < -0.39 is 12.1 Å². The van der Waals surface area contributed by atoms with Gasteiger partial charge in [0.05, 0.1) is 7.11 Å². The Morgan fingerprint density at radius 1 is 1.56 bits per heavy atom. The van der Waals surface area contributed by atoms with Crippen LogP contribution in [0.25, 0.3) is 0 Å². The SMILES string of the molecule is COc1cc2c(cc1C)O[C@@H](C(=O)O)CC2. The van der Waals surface area contributed by atoms with Crippen molar-refractivity contribution in [3.63, 3.8) is 0 Å². The van der Waals surface area contributed by atoms with E-state index in [0.29, 0.717) is 18.6 Å². The van der Waals surface area contributed by atoms with E-state index in [1.54, 1.807) is 7.11 Å². The van der Waals surface area contributed by atoms with Crippen molar-refractivity contribution in [2.75, 3.05) is 7.11 Å². The fraction of sp³-hybridized carbons (Fsp3) is 0.417. The van der Waals surface area contributed by atoms with Crippen molar-refractivity contribution in [1.82, 2.24) is 0 Å². The van der Waals surface area contributed by atoms with Gasteiger partial charge in [-0.05, 0) is 43.0 Å². The van der Waals surface area contributed by atoms with Crippen LogP contribution < -0.4 is 9.47 Å². The maximum atomic E-state index is 10.8. The van der Waals surface area contributed by atoms with Gasteiger partial charge in [0, 0.05) is 0 Å². The predicted octanol–water partition coefficient (Wildman–Crippen LogP) is 1.78. The number of hydrogen-bond donors (Lipinski definition) is 1. The number of fused-ring (bicyclic) bond motifs is 1. The molecule has 1 aromatic rings. The third-order valence-corrected chi connectivity index (χ3v) is 2.80. The lowest BCUT2D eigenvalue weighted by Crippen LogP contribution is -2.30. The van der Waals surface area contributed by atoms with Crippen molar-refractivity contribution >= 4 is 5.97 Å². The van der Waals surface area contributed by atoms with Crippen LogP contribution >= 0.6 is 0 Å². The fourth-order valence-corrected chi connectivity index (χ4v) is 1.90. The lowest BCUT2D eigenvalue weighted by atomic mass is 10.00. The van der Waals surface area contributed by atoms with Crippen molar-refractivity contribution in [3.8, 4) is 11.5 Å². The summed E-state index contributed by atoms with van der Waals surface area (Å²) in [6.45, 7) is 1.91. The molecule has 4 heteroatoms. The molecular weight excluding hydrogens is 208 g/mol. The average molecular weight is 222 g/mol. The van der Waals surface area contributed by atoms with E-state index in [-0.39, 0.29) is 0 Å². The van der Waals surface area contributed by atoms with E-state index in [9.17, 15) is 4.79 Å². The molecule has 16 heavy (non-hydrogen) atoms. The van der Waals surface area contributed by atoms with Gasteiger partial charge in [-0.3, -0.25) is 0 Å². The van der Waals surface area contributed by atoms with Gasteiger partial charge in [-0.1, -0.05) is 0 Å². The van der Waals surface area contributed by atoms with Gasteiger partial charge in [-0.15, -0.1) is 0 Å². The minimum Gasteiger partial charge on any atom is -0.496 e. The minimum atomic E-state index is -0.904. The van der Waals surface area contributed by atoms with Crippen LogP contribution in [0, 0.1) is 6.92 Å². The van der Waals surface area contributed by atoms with E-state index >= 15 is 0 Å². The van der Waals surface area contributed by atoms with Gasteiger partial charge >= 0.3 is 5.97 Å². The van der Waals surface area contributed by atoms with Gasteiger partial charge in [0.2, 0.25) is 0 Å². The van der Waals surface area contributed by atoms with Gasteiger partial charge in [0.1, 0.15) is 11.5 Å². The third kappa shape index (κ3) is 1.83. The number of ether oxygens (including phenoxy) is 2. The zero-order chi connectivity index (χ0) is 11.7. The topological polar surface area (TPSA) is 55.8 Å². The van der Waals surface area contributed by atoms with Crippen molar-refractivity contribution in [2.45, 2.75) is 25.9 Å². The first-order valence-corrected chi connectivity index (χ1v) is 5.19. The molecule has 1 aromatic carbocycles. The number of aryl methyl sites for hydroxylation is 2. The summed E-state index contributed by atoms with van der Waals surface area (Å²) in [4.78, 5) is 10.8. The molecule has 1 aliphatic rings. The molecule has 1 aliphatic heterocycles. The largest absolute Gasteiger partial charge is 0.496 e. The zero-order valence-corrected chi connectivity index (χ0v) is 9.32. The van der Waals surface area contributed by atoms with E-state index in [4.69, 9.17) is 14.6 Å². The Morgan fingerprint density at radius 3 is 2.94 bits per heavy atom. The van der Waals surface area contributed by atoms with Crippen LogP contribution in [-0.4, -0.2) is 24.3 Å². The minimum absolute atomic E-state index is 0.508. The summed E-state index contributed by atoms with van der Waals surface area (Å²) in [6.07, 6.45) is 0.498. The highest BCUT2D eigenvalue weighted by Crippen LogP contribution is 2.33. The summed E-state index contributed by atoms with van der Waals surface area (Å²) >= 11 is 0. The van der Waals surface area contributed by atoms with Crippen LogP contribution in [0.4, 0.5) is 0 Å². The quantitative estimate of drug-likeness (QED) is 0.828. The van der Waals surface area contributed by atoms with E-state index in [1.165, 1.54) is 0 Å². The number of methoxy groups -OCH3 is 1. The zero-order valence-electron chi connectivity index (χ0n) is 9.32. The second-order valence-electron chi connectivity index (χ2n) is 3.91. The fourth-order valence-electron chi connectivity index (χ4n) is 1.90. The van der Waals surface area contributed by atoms with Crippen molar-refractivity contribution in [3.05, 3.63) is 23.3 Å². The van der Waals surface area contributed by atoms with E-state index in [1.807, 2.05) is 19.1 Å². The van der Waals surface area contributed by atoms with Crippen molar-refractivity contribution in [1.29, 1.82) is 0 Å². The van der Waals surface area contributed by atoms with Crippen LogP contribution in [0.2, 0.25) is 0 Å². The lowest BCUT2D eigenvalue weighted by Gasteiger charge is -2.24. The molecule has 86 valence electrons. The molecule has 0 fully saturated rings. The molecule has 0 amide bonds. The number of carboxylic acids is 1. The molecule has 0 bridgehead atoms. The summed E-state index contributed by atoms with van der Waals surface area (Å²) < 4.78 is 10.6. The Morgan fingerprint density at radius 2 is 2.31 bits per heavy atom. The van der Waals surface area contributed by atoms with Crippen LogP contribution in [0.5, 0.6) is 11.5 Å². The summed E-state index contributed by atoms with van der Waals surface area (Å²) in [7, 11) is 1.62. The summed E-state index contributed by atoms with van der Waals surface area (Å²) in [5, 5.41) is 8.88. The number of rotatable bonds is 2. The third-order valence-electron chi connectivity index (χ3n) is 2.80. The molecule has 0 radical (unpaired) electrons. The Balaban J connectivity index is 2.33. The molecule has 1 atom stereocenters. The van der Waals surface area contributed by atoms with Crippen LogP contribution in [0.1, 0.15) is 17.5 Å². The van der Waals surface area contributed by atoms with Gasteiger partial charge in [-0.2, -0.15) is 0 Å². The van der Waals surface area contributed by atoms with Crippen LogP contribution in [-0.2, 0) is 11.2 Å². The molecule has 1 N–H and O–H groups in total.